The summed E-state index contributed by atoms with van der Waals surface area (Å²) in [6.07, 6.45) is -1.01. The van der Waals surface area contributed by atoms with Crippen LogP contribution in [0.5, 0.6) is 11.5 Å². The Morgan fingerprint density at radius 1 is 1.04 bits per heavy atom. The van der Waals surface area contributed by atoms with Crippen molar-refractivity contribution in [1.29, 1.82) is 5.26 Å². The highest BCUT2D eigenvalue weighted by Gasteiger charge is 2.35. The Balaban J connectivity index is 1.12. The molecule has 10 nitrogen and oxygen atoms in total. The average Bonchev–Trinajstić information content (AvgIpc) is 3.65. The number of nitriles is 1. The third-order valence-electron chi connectivity index (χ3n) is 10.6. The highest BCUT2D eigenvalue weighted by Crippen LogP contribution is 2.38. The molecule has 1 atom stereocenters. The lowest BCUT2D eigenvalue weighted by atomic mass is 9.89. The van der Waals surface area contributed by atoms with E-state index in [1.807, 2.05) is 57.3 Å². The first-order valence-electron chi connectivity index (χ1n) is 17.7. The first kappa shape index (κ1) is 38.7. The molecule has 1 saturated heterocycles. The van der Waals surface area contributed by atoms with Crippen LogP contribution in [0.2, 0.25) is 0 Å². The predicted octanol–water partition coefficient (Wildman–Crippen LogP) is 6.53. The number of hydrogen-bond donors (Lipinski definition) is 0. The second-order valence-electron chi connectivity index (χ2n) is 13.8. The number of rotatable bonds is 9. The number of pyridine rings is 1. The average molecular weight is 761 g/mol. The summed E-state index contributed by atoms with van der Waals surface area (Å²) in [6.45, 7) is 10.9. The molecule has 6 rings (SSSR count). The van der Waals surface area contributed by atoms with E-state index in [-0.39, 0.29) is 22.2 Å². The smallest absolute Gasteiger partial charge is 0.434 e. The van der Waals surface area contributed by atoms with E-state index < -0.39 is 17.8 Å². The van der Waals surface area contributed by atoms with Gasteiger partial charge in [0.25, 0.3) is 11.5 Å². The maximum atomic E-state index is 13.5. The van der Waals surface area contributed by atoms with Crippen LogP contribution in [0.15, 0.2) is 52.3 Å². The van der Waals surface area contributed by atoms with Gasteiger partial charge in [-0.05, 0) is 73.2 Å². The van der Waals surface area contributed by atoms with Crippen LogP contribution in [0, 0.1) is 25.2 Å². The molecule has 0 bridgehead atoms. The number of methoxy groups -OCH3 is 2. The number of carbonyl (C=O) groups is 1. The number of carbonyl (C=O) groups excluding carboxylic acids is 1. The lowest BCUT2D eigenvalue weighted by molar-refractivity contribution is -0.140. The molecule has 1 amide bonds. The van der Waals surface area contributed by atoms with Gasteiger partial charge in [-0.1, -0.05) is 18.2 Å². The molecule has 54 heavy (non-hydrogen) atoms. The van der Waals surface area contributed by atoms with Gasteiger partial charge in [0.2, 0.25) is 0 Å². The van der Waals surface area contributed by atoms with Crippen molar-refractivity contribution in [3.05, 3.63) is 102 Å². The summed E-state index contributed by atoms with van der Waals surface area (Å²) in [4.78, 5) is 35.9. The van der Waals surface area contributed by atoms with Gasteiger partial charge in [0.05, 0.1) is 25.8 Å². The number of thiazole rings is 1. The van der Waals surface area contributed by atoms with Gasteiger partial charge in [0, 0.05) is 75.6 Å². The molecule has 2 aromatic carbocycles. The highest BCUT2D eigenvalue weighted by atomic mass is 32.1. The molecule has 0 radical (unpaired) electrons. The van der Waals surface area contributed by atoms with Crippen LogP contribution in [-0.4, -0.2) is 77.1 Å². The molecule has 2 aliphatic heterocycles. The largest absolute Gasteiger partial charge is 0.496 e. The van der Waals surface area contributed by atoms with Crippen molar-refractivity contribution in [3.8, 4) is 28.7 Å². The van der Waals surface area contributed by atoms with Crippen LogP contribution < -0.4 is 15.0 Å². The van der Waals surface area contributed by atoms with E-state index in [1.165, 1.54) is 11.1 Å². The van der Waals surface area contributed by atoms with E-state index >= 15 is 0 Å². The zero-order valence-corrected chi connectivity index (χ0v) is 32.0. The Kier molecular flexibility index (Phi) is 11.3. The van der Waals surface area contributed by atoms with E-state index in [2.05, 4.69) is 20.9 Å². The van der Waals surface area contributed by atoms with Crippen LogP contribution in [0.1, 0.15) is 57.0 Å². The summed E-state index contributed by atoms with van der Waals surface area (Å²) in [7, 11) is 5.08. The number of benzene rings is 2. The Labute approximate surface area is 316 Å². The number of hydrogen-bond acceptors (Lipinski definition) is 9. The predicted molar refractivity (Wildman–Crippen MR) is 201 cm³/mol. The second kappa shape index (κ2) is 15.8. The van der Waals surface area contributed by atoms with E-state index in [1.54, 1.807) is 30.7 Å². The van der Waals surface area contributed by atoms with Crippen molar-refractivity contribution in [3.63, 3.8) is 0 Å². The summed E-state index contributed by atoms with van der Waals surface area (Å²) in [5.74, 6) is 0.930. The van der Waals surface area contributed by atoms with Gasteiger partial charge in [-0.2, -0.15) is 18.4 Å². The maximum absolute atomic E-state index is 13.5. The molecule has 1 fully saturated rings. The number of piperazine rings is 1. The number of alkyl halides is 3. The zero-order valence-electron chi connectivity index (χ0n) is 31.2. The van der Waals surface area contributed by atoms with Gasteiger partial charge in [-0.3, -0.25) is 19.4 Å². The fourth-order valence-corrected chi connectivity index (χ4v) is 8.16. The number of halogens is 3. The Morgan fingerprint density at radius 3 is 2.28 bits per heavy atom. The summed E-state index contributed by atoms with van der Waals surface area (Å²) in [5, 5.41) is 10.6. The van der Waals surface area contributed by atoms with Gasteiger partial charge in [0.1, 0.15) is 28.1 Å². The van der Waals surface area contributed by atoms with Crippen molar-refractivity contribution in [2.75, 3.05) is 46.9 Å². The van der Waals surface area contributed by atoms with Crippen LogP contribution >= 0.6 is 11.3 Å². The first-order valence-corrected chi connectivity index (χ1v) is 18.5. The number of aromatic nitrogens is 2. The summed E-state index contributed by atoms with van der Waals surface area (Å²) in [6, 6.07) is 11.7. The van der Waals surface area contributed by atoms with Crippen LogP contribution in [0.3, 0.4) is 0 Å². The fourth-order valence-electron chi connectivity index (χ4n) is 7.41. The molecule has 1 unspecified atom stereocenters. The molecule has 284 valence electrons. The minimum atomic E-state index is -4.60. The monoisotopic (exact) mass is 760 g/mol. The minimum absolute atomic E-state index is 0.0178. The van der Waals surface area contributed by atoms with E-state index in [4.69, 9.17) is 9.47 Å². The molecule has 0 N–H and O–H groups in total. The molecule has 0 saturated carbocycles. The normalized spacial score (nSPS) is 16.9. The summed E-state index contributed by atoms with van der Waals surface area (Å²) < 4.78 is 52.5. The van der Waals surface area contributed by atoms with Crippen molar-refractivity contribution >= 4 is 23.3 Å². The SMILES string of the molecule is COc1cc(-c2cn(C)c(=O)c(C)c2C)cc(OC)c1CN1CCN(Cc2cccc3c2CCN(C(=O)C(C#N)=Cc2nc(C(F)(F)F)cs2)C3C)CC1. The number of aryl methyl sites for hydroxylation is 1. The quantitative estimate of drug-likeness (QED) is 0.140. The Morgan fingerprint density at radius 2 is 1.69 bits per heavy atom. The number of ether oxygens (including phenoxy) is 2. The maximum Gasteiger partial charge on any atom is 0.434 e. The van der Waals surface area contributed by atoms with Gasteiger partial charge < -0.3 is 18.9 Å². The minimum Gasteiger partial charge on any atom is -0.496 e. The molecular formula is C40H43F3N6O4S. The molecule has 4 heterocycles. The molecule has 0 aliphatic carbocycles. The molecule has 0 spiro atoms. The van der Waals surface area contributed by atoms with Gasteiger partial charge in [-0.25, -0.2) is 4.98 Å². The van der Waals surface area contributed by atoms with Crippen LogP contribution in [-0.2, 0) is 37.5 Å². The summed E-state index contributed by atoms with van der Waals surface area (Å²) in [5.41, 5.74) is 6.54. The van der Waals surface area contributed by atoms with E-state index in [0.29, 0.717) is 25.1 Å². The lowest BCUT2D eigenvalue weighted by Crippen LogP contribution is -2.45. The van der Waals surface area contributed by atoms with Crippen molar-refractivity contribution in [2.24, 2.45) is 7.05 Å². The molecule has 2 aliphatic rings. The molecular weight excluding hydrogens is 718 g/mol. The van der Waals surface area contributed by atoms with Crippen molar-refractivity contribution < 1.29 is 27.4 Å². The fraction of sp³-hybridized carbons (Fsp3) is 0.400. The molecule has 4 aromatic rings. The first-order chi connectivity index (χ1) is 25.7. The molecule has 14 heteroatoms. The third-order valence-corrected chi connectivity index (χ3v) is 11.4. The number of fused-ring (bicyclic) bond motifs is 1. The van der Waals surface area contributed by atoms with E-state index in [9.17, 15) is 28.0 Å². The zero-order chi connectivity index (χ0) is 38.9. The molecule has 2 aromatic heterocycles. The van der Waals surface area contributed by atoms with Gasteiger partial charge in [0.15, 0.2) is 5.69 Å². The topological polar surface area (TPSA) is 104 Å². The van der Waals surface area contributed by atoms with Crippen LogP contribution in [0.4, 0.5) is 13.2 Å². The second-order valence-corrected chi connectivity index (χ2v) is 14.7. The standard InChI is InChI=1S/C40H43F3N6O4S/c1-24-25(2)38(50)46(4)21-32(24)28-16-34(52-5)33(35(17-28)53-6)22-48-14-12-47(13-15-48)20-27-8-7-9-30-26(3)49(11-10-31(27)30)39(51)29(19-44)18-37-45-36(23-54-37)40(41,42)43/h7-9,16-18,21,23,26H,10-15,20,22H2,1-6H3. The Bertz CT molecular complexity index is 2170. The lowest BCUT2D eigenvalue weighted by Gasteiger charge is -2.38. The van der Waals surface area contributed by atoms with Gasteiger partial charge in [-0.15, -0.1) is 11.3 Å². The van der Waals surface area contributed by atoms with Crippen LogP contribution in [0.25, 0.3) is 17.2 Å². The Hall–Kier alpha value is -4.97. The number of nitrogens with zero attached hydrogens (tertiary/aromatic N) is 6. The van der Waals surface area contributed by atoms with Gasteiger partial charge >= 0.3 is 6.18 Å². The van der Waals surface area contributed by atoms with Crippen molar-refractivity contribution in [1.82, 2.24) is 24.3 Å². The highest BCUT2D eigenvalue weighted by molar-refractivity contribution is 7.10. The number of amides is 1. The third kappa shape index (κ3) is 7.80. The summed E-state index contributed by atoms with van der Waals surface area (Å²) >= 11 is 0.740. The van der Waals surface area contributed by atoms with E-state index in [0.717, 1.165) is 94.8 Å². The van der Waals surface area contributed by atoms with Crippen molar-refractivity contribution in [2.45, 2.75) is 52.5 Å².